The summed E-state index contributed by atoms with van der Waals surface area (Å²) in [5, 5.41) is 3.60. The number of para-hydroxylation sites is 1. The van der Waals surface area contributed by atoms with Crippen molar-refractivity contribution >= 4 is 11.8 Å². The normalized spacial score (nSPS) is 22.7. The number of nitrogens with one attached hydrogen (secondary N) is 1. The van der Waals surface area contributed by atoms with Gasteiger partial charge in [-0.3, -0.25) is 0 Å². The van der Waals surface area contributed by atoms with Gasteiger partial charge in [0.15, 0.2) is 0 Å². The molecule has 1 aliphatic rings. The van der Waals surface area contributed by atoms with Gasteiger partial charge in [-0.2, -0.15) is 11.8 Å². The van der Waals surface area contributed by atoms with Crippen LogP contribution in [0.4, 0.5) is 0 Å². The standard InChI is InChI=1S/C15H23NOS/c1-15(2)10-13(11-18-12-15)16-8-9-17-14-6-4-3-5-7-14/h3-7,13,16H,8-12H2,1-2H3. The Kier molecular flexibility index (Phi) is 4.95. The molecule has 0 aromatic heterocycles. The second-order valence-electron chi connectivity index (χ2n) is 5.70. The Balaban J connectivity index is 1.64. The second-order valence-corrected chi connectivity index (χ2v) is 6.73. The SMILES string of the molecule is CC1(C)CSCC(NCCOc2ccccc2)C1. The molecule has 0 radical (unpaired) electrons. The maximum absolute atomic E-state index is 5.68. The van der Waals surface area contributed by atoms with E-state index < -0.39 is 0 Å². The van der Waals surface area contributed by atoms with Crippen molar-refractivity contribution < 1.29 is 4.74 Å². The minimum atomic E-state index is 0.473. The highest BCUT2D eigenvalue weighted by Gasteiger charge is 2.27. The predicted molar refractivity (Wildman–Crippen MR) is 79.5 cm³/mol. The van der Waals surface area contributed by atoms with Crippen molar-refractivity contribution in [3.8, 4) is 5.75 Å². The minimum Gasteiger partial charge on any atom is -0.492 e. The fourth-order valence-electron chi connectivity index (χ4n) is 2.34. The Morgan fingerprint density at radius 1 is 1.33 bits per heavy atom. The molecule has 0 spiro atoms. The van der Waals surface area contributed by atoms with Crippen molar-refractivity contribution in [3.63, 3.8) is 0 Å². The van der Waals surface area contributed by atoms with Crippen LogP contribution in [-0.2, 0) is 0 Å². The van der Waals surface area contributed by atoms with E-state index in [9.17, 15) is 0 Å². The highest BCUT2D eigenvalue weighted by molar-refractivity contribution is 7.99. The van der Waals surface area contributed by atoms with Gasteiger partial charge in [0.1, 0.15) is 12.4 Å². The second kappa shape index (κ2) is 6.48. The van der Waals surface area contributed by atoms with Crippen molar-refractivity contribution in [1.29, 1.82) is 0 Å². The van der Waals surface area contributed by atoms with E-state index in [1.54, 1.807) is 0 Å². The van der Waals surface area contributed by atoms with Crippen LogP contribution in [0.1, 0.15) is 20.3 Å². The molecule has 1 N–H and O–H groups in total. The lowest BCUT2D eigenvalue weighted by molar-refractivity contribution is 0.279. The third kappa shape index (κ3) is 4.54. The molecule has 1 aliphatic heterocycles. The summed E-state index contributed by atoms with van der Waals surface area (Å²) in [4.78, 5) is 0. The molecule has 18 heavy (non-hydrogen) atoms. The van der Waals surface area contributed by atoms with Crippen molar-refractivity contribution in [3.05, 3.63) is 30.3 Å². The molecule has 3 heteroatoms. The zero-order valence-electron chi connectivity index (χ0n) is 11.3. The quantitative estimate of drug-likeness (QED) is 0.826. The van der Waals surface area contributed by atoms with Crippen LogP contribution in [0, 0.1) is 5.41 Å². The highest BCUT2D eigenvalue weighted by Crippen LogP contribution is 2.33. The van der Waals surface area contributed by atoms with Crippen molar-refractivity contribution in [2.45, 2.75) is 26.3 Å². The Morgan fingerprint density at radius 3 is 2.83 bits per heavy atom. The van der Waals surface area contributed by atoms with E-state index in [2.05, 4.69) is 30.9 Å². The lowest BCUT2D eigenvalue weighted by Gasteiger charge is -2.35. The van der Waals surface area contributed by atoms with E-state index in [4.69, 9.17) is 4.74 Å². The van der Waals surface area contributed by atoms with E-state index in [0.29, 0.717) is 11.5 Å². The van der Waals surface area contributed by atoms with Crippen LogP contribution in [0.15, 0.2) is 30.3 Å². The largest absolute Gasteiger partial charge is 0.492 e. The van der Waals surface area contributed by atoms with Gasteiger partial charge >= 0.3 is 0 Å². The molecule has 2 nitrogen and oxygen atoms in total. The van der Waals surface area contributed by atoms with Crippen LogP contribution >= 0.6 is 11.8 Å². The first-order valence-electron chi connectivity index (χ1n) is 6.65. The average molecular weight is 265 g/mol. The molecule has 0 amide bonds. The van der Waals surface area contributed by atoms with Crippen LogP contribution in [0.3, 0.4) is 0 Å². The van der Waals surface area contributed by atoms with Gasteiger partial charge in [0.2, 0.25) is 0 Å². The monoisotopic (exact) mass is 265 g/mol. The fourth-order valence-corrected chi connectivity index (χ4v) is 3.65. The Hall–Kier alpha value is -0.670. The summed E-state index contributed by atoms with van der Waals surface area (Å²) in [6.45, 7) is 6.38. The number of thioether (sulfide) groups is 1. The smallest absolute Gasteiger partial charge is 0.119 e. The number of hydrogen-bond donors (Lipinski definition) is 1. The third-order valence-electron chi connectivity index (χ3n) is 3.16. The van der Waals surface area contributed by atoms with E-state index in [-0.39, 0.29) is 0 Å². The summed E-state index contributed by atoms with van der Waals surface area (Å²) in [6.07, 6.45) is 1.27. The number of ether oxygens (including phenoxy) is 1. The van der Waals surface area contributed by atoms with Crippen molar-refractivity contribution in [2.75, 3.05) is 24.7 Å². The average Bonchev–Trinajstić information content (AvgIpc) is 2.35. The molecular formula is C15H23NOS. The maximum Gasteiger partial charge on any atom is 0.119 e. The Bertz CT molecular complexity index is 353. The number of hydrogen-bond acceptors (Lipinski definition) is 3. The molecule has 0 saturated carbocycles. The van der Waals surface area contributed by atoms with E-state index in [1.165, 1.54) is 17.9 Å². The minimum absolute atomic E-state index is 0.473. The van der Waals surface area contributed by atoms with Gasteiger partial charge in [0.25, 0.3) is 0 Å². The highest BCUT2D eigenvalue weighted by atomic mass is 32.2. The van der Waals surface area contributed by atoms with Crippen LogP contribution < -0.4 is 10.1 Å². The molecule has 1 aromatic carbocycles. The molecule has 0 bridgehead atoms. The molecule has 1 fully saturated rings. The van der Waals surface area contributed by atoms with Gasteiger partial charge in [0, 0.05) is 18.3 Å². The van der Waals surface area contributed by atoms with Crippen LogP contribution in [0.5, 0.6) is 5.75 Å². The van der Waals surface area contributed by atoms with E-state index in [0.717, 1.165) is 18.9 Å². The summed E-state index contributed by atoms with van der Waals surface area (Å²) in [5.74, 6) is 3.47. The van der Waals surface area contributed by atoms with Crippen LogP contribution in [0.2, 0.25) is 0 Å². The van der Waals surface area contributed by atoms with E-state index >= 15 is 0 Å². The van der Waals surface area contributed by atoms with E-state index in [1.807, 2.05) is 30.3 Å². The van der Waals surface area contributed by atoms with Crippen LogP contribution in [-0.4, -0.2) is 30.7 Å². The summed E-state index contributed by atoms with van der Waals surface area (Å²) < 4.78 is 5.68. The Labute approximate surface area is 114 Å². The fraction of sp³-hybridized carbons (Fsp3) is 0.600. The molecular weight excluding hydrogens is 242 g/mol. The summed E-state index contributed by atoms with van der Waals surface area (Å²) in [6, 6.07) is 10.6. The van der Waals surface area contributed by atoms with Crippen molar-refractivity contribution in [1.82, 2.24) is 5.32 Å². The number of benzene rings is 1. The topological polar surface area (TPSA) is 21.3 Å². The molecule has 0 aliphatic carbocycles. The molecule has 100 valence electrons. The van der Waals surface area contributed by atoms with Gasteiger partial charge in [0.05, 0.1) is 0 Å². The molecule has 1 aromatic rings. The molecule has 1 atom stereocenters. The first-order chi connectivity index (χ1) is 8.66. The lowest BCUT2D eigenvalue weighted by atomic mass is 9.88. The van der Waals surface area contributed by atoms with Gasteiger partial charge in [-0.15, -0.1) is 0 Å². The number of rotatable bonds is 5. The zero-order valence-corrected chi connectivity index (χ0v) is 12.1. The van der Waals surface area contributed by atoms with Crippen LogP contribution in [0.25, 0.3) is 0 Å². The third-order valence-corrected chi connectivity index (χ3v) is 4.78. The summed E-state index contributed by atoms with van der Waals surface area (Å²) in [5.41, 5.74) is 0.473. The predicted octanol–water partition coefficient (Wildman–Crippen LogP) is 3.19. The van der Waals surface area contributed by atoms with Gasteiger partial charge in [-0.1, -0.05) is 32.0 Å². The maximum atomic E-state index is 5.68. The molecule has 2 rings (SSSR count). The molecule has 1 saturated heterocycles. The Morgan fingerprint density at radius 2 is 2.11 bits per heavy atom. The first kappa shape index (κ1) is 13.8. The summed E-state index contributed by atoms with van der Waals surface area (Å²) >= 11 is 2.06. The molecule has 1 unspecified atom stereocenters. The van der Waals surface area contributed by atoms with Crippen molar-refractivity contribution in [2.24, 2.45) is 5.41 Å². The van der Waals surface area contributed by atoms with Gasteiger partial charge < -0.3 is 10.1 Å². The zero-order chi connectivity index (χ0) is 12.8. The molecule has 1 heterocycles. The van der Waals surface area contributed by atoms with Gasteiger partial charge in [-0.25, -0.2) is 0 Å². The lowest BCUT2D eigenvalue weighted by Crippen LogP contribution is -2.41. The summed E-state index contributed by atoms with van der Waals surface area (Å²) in [7, 11) is 0. The van der Waals surface area contributed by atoms with Gasteiger partial charge in [-0.05, 0) is 29.7 Å². The first-order valence-corrected chi connectivity index (χ1v) is 7.80.